The highest BCUT2D eigenvalue weighted by atomic mass is 15.4. The van der Waals surface area contributed by atoms with E-state index in [-0.39, 0.29) is 0 Å². The molecule has 3 aromatic rings. The van der Waals surface area contributed by atoms with Gasteiger partial charge in [0.25, 0.3) is 0 Å². The van der Waals surface area contributed by atoms with Gasteiger partial charge in [-0.15, -0.1) is 5.10 Å². The number of hydrogen-bond donors (Lipinski definition) is 1. The van der Waals surface area contributed by atoms with Gasteiger partial charge in [0.15, 0.2) is 11.6 Å². The zero-order valence-electron chi connectivity index (χ0n) is 10.2. The lowest BCUT2D eigenvalue weighted by atomic mass is 10.2. The van der Waals surface area contributed by atoms with E-state index in [1.807, 2.05) is 47.1 Å². The molecule has 0 unspecified atom stereocenters. The normalized spacial score (nSPS) is 12.4. The van der Waals surface area contributed by atoms with Gasteiger partial charge in [0.05, 0.1) is 17.9 Å². The maximum atomic E-state index is 4.63. The van der Waals surface area contributed by atoms with Gasteiger partial charge in [0, 0.05) is 5.56 Å². The van der Waals surface area contributed by atoms with E-state index < -0.39 is 0 Å². The highest BCUT2D eigenvalue weighted by molar-refractivity contribution is 5.64. The topological polar surface area (TPSA) is 42.7 Å². The van der Waals surface area contributed by atoms with Crippen LogP contribution >= 0.6 is 0 Å². The number of benzene rings is 2. The van der Waals surface area contributed by atoms with E-state index in [1.165, 1.54) is 0 Å². The molecular formula is C15H12N4. The molecule has 0 fully saturated rings. The molecule has 0 aliphatic carbocycles. The van der Waals surface area contributed by atoms with Crippen molar-refractivity contribution >= 4 is 5.69 Å². The van der Waals surface area contributed by atoms with Crippen LogP contribution in [0.2, 0.25) is 0 Å². The predicted molar refractivity (Wildman–Crippen MR) is 74.1 cm³/mol. The molecule has 1 N–H and O–H groups in total. The summed E-state index contributed by atoms with van der Waals surface area (Å²) in [5, 5.41) is 7.99. The first-order chi connectivity index (χ1) is 9.42. The Labute approximate surface area is 110 Å². The Morgan fingerprint density at radius 1 is 0.947 bits per heavy atom. The number of aromatic nitrogens is 3. The lowest BCUT2D eigenvalue weighted by Gasteiger charge is -2.17. The Bertz CT molecular complexity index is 731. The van der Waals surface area contributed by atoms with Crippen LogP contribution in [-0.2, 0) is 6.54 Å². The van der Waals surface area contributed by atoms with Crippen molar-refractivity contribution in [1.29, 1.82) is 0 Å². The third-order valence-corrected chi connectivity index (χ3v) is 3.28. The Balaban J connectivity index is 1.88. The number of hydrogen-bond acceptors (Lipinski definition) is 3. The highest BCUT2D eigenvalue weighted by Crippen LogP contribution is 2.27. The van der Waals surface area contributed by atoms with E-state index in [9.17, 15) is 0 Å². The van der Waals surface area contributed by atoms with Crippen LogP contribution in [0.4, 0.5) is 5.69 Å². The molecule has 1 aliphatic heterocycles. The van der Waals surface area contributed by atoms with Crippen LogP contribution in [0.15, 0.2) is 54.6 Å². The lowest BCUT2D eigenvalue weighted by Crippen LogP contribution is -2.16. The number of nitrogens with zero attached hydrogens (tertiary/aromatic N) is 3. The van der Waals surface area contributed by atoms with E-state index in [0.717, 1.165) is 28.6 Å². The van der Waals surface area contributed by atoms with Crippen LogP contribution in [0, 0.1) is 0 Å². The summed E-state index contributed by atoms with van der Waals surface area (Å²) in [7, 11) is 0. The largest absolute Gasteiger partial charge is 0.376 e. The first kappa shape index (κ1) is 10.3. The van der Waals surface area contributed by atoms with Crippen molar-refractivity contribution in [3.05, 3.63) is 60.4 Å². The van der Waals surface area contributed by atoms with Gasteiger partial charge < -0.3 is 5.32 Å². The van der Waals surface area contributed by atoms with E-state index in [1.54, 1.807) is 0 Å². The highest BCUT2D eigenvalue weighted by Gasteiger charge is 2.19. The Morgan fingerprint density at radius 2 is 1.74 bits per heavy atom. The molecule has 0 saturated heterocycles. The van der Waals surface area contributed by atoms with Crippen LogP contribution in [0.25, 0.3) is 17.1 Å². The van der Waals surface area contributed by atoms with Crippen molar-refractivity contribution < 1.29 is 0 Å². The summed E-state index contributed by atoms with van der Waals surface area (Å²) < 4.78 is 1.92. The molecule has 0 bridgehead atoms. The molecule has 0 atom stereocenters. The number of rotatable bonds is 1. The fourth-order valence-electron chi connectivity index (χ4n) is 2.34. The van der Waals surface area contributed by atoms with Gasteiger partial charge in [0.2, 0.25) is 0 Å². The van der Waals surface area contributed by atoms with Gasteiger partial charge in [-0.2, -0.15) is 0 Å². The summed E-state index contributed by atoms with van der Waals surface area (Å²) in [6.07, 6.45) is 0. The van der Waals surface area contributed by atoms with Crippen molar-refractivity contribution in [2.75, 3.05) is 5.32 Å². The summed E-state index contributed by atoms with van der Waals surface area (Å²) >= 11 is 0. The summed E-state index contributed by atoms with van der Waals surface area (Å²) in [4.78, 5) is 4.61. The molecule has 4 heteroatoms. The van der Waals surface area contributed by atoms with E-state index in [0.29, 0.717) is 6.54 Å². The number of fused-ring (bicyclic) bond motifs is 3. The van der Waals surface area contributed by atoms with Crippen molar-refractivity contribution in [2.24, 2.45) is 0 Å². The summed E-state index contributed by atoms with van der Waals surface area (Å²) in [6, 6.07) is 18.2. The average molecular weight is 248 g/mol. The summed E-state index contributed by atoms with van der Waals surface area (Å²) in [5.41, 5.74) is 3.19. The van der Waals surface area contributed by atoms with Crippen molar-refractivity contribution in [3.8, 4) is 17.1 Å². The van der Waals surface area contributed by atoms with Gasteiger partial charge in [-0.05, 0) is 12.1 Å². The minimum Gasteiger partial charge on any atom is -0.376 e. The molecular weight excluding hydrogens is 236 g/mol. The molecule has 0 amide bonds. The zero-order chi connectivity index (χ0) is 12.7. The lowest BCUT2D eigenvalue weighted by molar-refractivity contribution is 0.784. The molecule has 19 heavy (non-hydrogen) atoms. The minimum absolute atomic E-state index is 0.705. The first-order valence-electron chi connectivity index (χ1n) is 6.26. The first-order valence-corrected chi connectivity index (χ1v) is 6.26. The van der Waals surface area contributed by atoms with Crippen LogP contribution in [0.1, 0.15) is 5.82 Å². The maximum Gasteiger partial charge on any atom is 0.181 e. The van der Waals surface area contributed by atoms with Crippen LogP contribution in [-0.4, -0.2) is 14.8 Å². The molecule has 4 nitrogen and oxygen atoms in total. The molecule has 0 radical (unpaired) electrons. The second-order valence-electron chi connectivity index (χ2n) is 4.50. The Hall–Kier alpha value is -2.62. The SMILES string of the molecule is c1ccc(-c2nc3n(n2)-c2ccccc2NC3)cc1. The molecule has 0 saturated carbocycles. The second-order valence-corrected chi connectivity index (χ2v) is 4.50. The fraction of sp³-hybridized carbons (Fsp3) is 0.0667. The molecule has 92 valence electrons. The standard InChI is InChI=1S/C15H12N4/c1-2-6-11(7-3-1)15-17-14-10-16-12-8-4-5-9-13(12)19(14)18-15/h1-9,16H,10H2. The van der Waals surface area contributed by atoms with Crippen LogP contribution in [0.5, 0.6) is 0 Å². The molecule has 1 aliphatic rings. The number of anilines is 1. The van der Waals surface area contributed by atoms with E-state index in [4.69, 9.17) is 0 Å². The monoisotopic (exact) mass is 248 g/mol. The van der Waals surface area contributed by atoms with Gasteiger partial charge in [-0.25, -0.2) is 9.67 Å². The van der Waals surface area contributed by atoms with Crippen molar-refractivity contribution in [3.63, 3.8) is 0 Å². The zero-order valence-corrected chi connectivity index (χ0v) is 10.2. The van der Waals surface area contributed by atoms with Gasteiger partial charge in [-0.3, -0.25) is 0 Å². The fourth-order valence-corrected chi connectivity index (χ4v) is 2.34. The molecule has 2 heterocycles. The Kier molecular flexibility index (Phi) is 2.14. The smallest absolute Gasteiger partial charge is 0.181 e. The van der Waals surface area contributed by atoms with Crippen LogP contribution < -0.4 is 5.32 Å². The summed E-state index contributed by atoms with van der Waals surface area (Å²) in [6.45, 7) is 0.705. The molecule has 1 aromatic heterocycles. The third-order valence-electron chi connectivity index (χ3n) is 3.28. The third kappa shape index (κ3) is 1.61. The molecule has 2 aromatic carbocycles. The van der Waals surface area contributed by atoms with Crippen molar-refractivity contribution in [2.45, 2.75) is 6.54 Å². The van der Waals surface area contributed by atoms with E-state index >= 15 is 0 Å². The van der Waals surface area contributed by atoms with Gasteiger partial charge in [-0.1, -0.05) is 42.5 Å². The minimum atomic E-state index is 0.705. The van der Waals surface area contributed by atoms with Gasteiger partial charge >= 0.3 is 0 Å². The molecule has 0 spiro atoms. The average Bonchev–Trinajstić information content (AvgIpc) is 2.93. The maximum absolute atomic E-state index is 4.63. The van der Waals surface area contributed by atoms with Gasteiger partial charge in [0.1, 0.15) is 0 Å². The second kappa shape index (κ2) is 3.95. The summed E-state index contributed by atoms with van der Waals surface area (Å²) in [5.74, 6) is 1.71. The van der Waals surface area contributed by atoms with E-state index in [2.05, 4.69) is 27.5 Å². The molecule has 4 rings (SSSR count). The van der Waals surface area contributed by atoms with Crippen molar-refractivity contribution in [1.82, 2.24) is 14.8 Å². The quantitative estimate of drug-likeness (QED) is 0.720. The number of nitrogens with one attached hydrogen (secondary N) is 1. The Morgan fingerprint density at radius 3 is 2.63 bits per heavy atom. The predicted octanol–water partition coefficient (Wildman–Crippen LogP) is 2.86. The number of para-hydroxylation sites is 2. The van der Waals surface area contributed by atoms with Crippen LogP contribution in [0.3, 0.4) is 0 Å².